The third-order valence-electron chi connectivity index (χ3n) is 6.50. The number of ether oxygens (including phenoxy) is 2. The van der Waals surface area contributed by atoms with Gasteiger partial charge in [-0.15, -0.1) is 0 Å². The van der Waals surface area contributed by atoms with Gasteiger partial charge in [0.2, 0.25) is 0 Å². The molecule has 35 heavy (non-hydrogen) atoms. The lowest BCUT2D eigenvalue weighted by molar-refractivity contribution is 0.213. The van der Waals surface area contributed by atoms with Gasteiger partial charge in [-0.05, 0) is 25.5 Å². The van der Waals surface area contributed by atoms with Crippen LogP contribution in [0.25, 0.3) is 16.6 Å². The largest absolute Gasteiger partial charge is 0.494 e. The van der Waals surface area contributed by atoms with Gasteiger partial charge in [0, 0.05) is 72.3 Å². The number of halogens is 2. The fourth-order valence-electron chi connectivity index (χ4n) is 4.34. The summed E-state index contributed by atoms with van der Waals surface area (Å²) in [5.74, 6) is -1.82. The lowest BCUT2D eigenvalue weighted by Crippen LogP contribution is -2.40. The molecule has 10 heteroatoms. The maximum atomic E-state index is 14.9. The number of allylic oxidation sites excluding steroid dienone is 1. The van der Waals surface area contributed by atoms with Crippen molar-refractivity contribution in [1.82, 2.24) is 25.4 Å². The number of piperidine rings is 1. The Morgan fingerprint density at radius 3 is 2.49 bits per heavy atom. The van der Waals surface area contributed by atoms with Crippen LogP contribution < -0.4 is 14.8 Å². The summed E-state index contributed by atoms with van der Waals surface area (Å²) < 4.78 is 39.9. The van der Waals surface area contributed by atoms with E-state index in [-0.39, 0.29) is 23.5 Å². The van der Waals surface area contributed by atoms with E-state index in [0.29, 0.717) is 33.9 Å². The third kappa shape index (κ3) is 5.12. The zero-order valence-electron chi connectivity index (χ0n) is 20.1. The van der Waals surface area contributed by atoms with Gasteiger partial charge < -0.3 is 25.1 Å². The van der Waals surface area contributed by atoms with E-state index in [0.717, 1.165) is 32.5 Å². The van der Waals surface area contributed by atoms with Crippen LogP contribution in [0.4, 0.5) is 8.78 Å². The number of pyridine rings is 1. The average molecular weight is 485 g/mol. The predicted molar refractivity (Wildman–Crippen MR) is 131 cm³/mol. The highest BCUT2D eigenvalue weighted by Crippen LogP contribution is 2.33. The molecule has 8 nitrogen and oxygen atoms in total. The van der Waals surface area contributed by atoms with Gasteiger partial charge in [-0.1, -0.05) is 6.92 Å². The Bertz CT molecular complexity index is 1210. The van der Waals surface area contributed by atoms with Crippen LogP contribution in [0.3, 0.4) is 0 Å². The molecule has 2 aromatic heterocycles. The van der Waals surface area contributed by atoms with E-state index in [9.17, 15) is 8.78 Å². The molecular formula is C25H30F2N6O2. The third-order valence-corrected chi connectivity index (χ3v) is 6.50. The molecule has 0 spiro atoms. The second-order valence-corrected chi connectivity index (χ2v) is 8.47. The van der Waals surface area contributed by atoms with Crippen molar-refractivity contribution in [2.45, 2.75) is 32.2 Å². The van der Waals surface area contributed by atoms with Crippen molar-refractivity contribution in [3.63, 3.8) is 0 Å². The van der Waals surface area contributed by atoms with Crippen LogP contribution >= 0.6 is 0 Å². The Kier molecular flexibility index (Phi) is 7.60. The molecule has 0 unspecified atom stereocenters. The van der Waals surface area contributed by atoms with Gasteiger partial charge in [0.25, 0.3) is 0 Å². The second kappa shape index (κ2) is 10.8. The SMILES string of the molecule is CCN1CCC(N/C=C(\C=N)c2cnc3[nH]nc(Cc4c(F)c(OC)cc(OC)c4F)c3c2)CC1. The van der Waals surface area contributed by atoms with Gasteiger partial charge in [-0.2, -0.15) is 5.10 Å². The maximum Gasteiger partial charge on any atom is 0.171 e. The molecule has 1 aromatic carbocycles. The maximum absolute atomic E-state index is 14.9. The number of rotatable bonds is 9. The lowest BCUT2D eigenvalue weighted by Gasteiger charge is -2.31. The van der Waals surface area contributed by atoms with Gasteiger partial charge in [0.05, 0.1) is 19.9 Å². The Labute approximate surface area is 202 Å². The lowest BCUT2D eigenvalue weighted by atomic mass is 10.0. The molecule has 3 N–H and O–H groups in total. The minimum atomic E-state index is -0.801. The summed E-state index contributed by atoms with van der Waals surface area (Å²) in [6.45, 7) is 5.33. The van der Waals surface area contributed by atoms with Gasteiger partial charge in [-0.3, -0.25) is 5.10 Å². The molecule has 0 bridgehead atoms. The quantitative estimate of drug-likeness (QED) is 0.399. The Balaban J connectivity index is 1.61. The van der Waals surface area contributed by atoms with Crippen LogP contribution in [0.2, 0.25) is 0 Å². The average Bonchev–Trinajstić information content (AvgIpc) is 3.29. The molecule has 0 amide bonds. The summed E-state index contributed by atoms with van der Waals surface area (Å²) in [5, 5.41) is 19.0. The van der Waals surface area contributed by atoms with Crippen LogP contribution in [0, 0.1) is 17.0 Å². The van der Waals surface area contributed by atoms with E-state index in [2.05, 4.69) is 32.3 Å². The summed E-state index contributed by atoms with van der Waals surface area (Å²) in [5.41, 5.74) is 2.07. The number of fused-ring (bicyclic) bond motifs is 1. The van der Waals surface area contributed by atoms with Crippen molar-refractivity contribution in [1.29, 1.82) is 5.41 Å². The molecule has 4 rings (SSSR count). The molecule has 1 fully saturated rings. The Morgan fingerprint density at radius 1 is 1.20 bits per heavy atom. The molecule has 3 aromatic rings. The highest BCUT2D eigenvalue weighted by atomic mass is 19.1. The van der Waals surface area contributed by atoms with Crippen molar-refractivity contribution in [3.8, 4) is 11.5 Å². The number of aromatic amines is 1. The van der Waals surface area contributed by atoms with Crippen molar-refractivity contribution in [2.24, 2.45) is 0 Å². The molecule has 1 saturated heterocycles. The normalized spacial score (nSPS) is 15.4. The standard InChI is InChI=1S/C25H30F2N6O2/c1-4-33-7-5-17(6-8-33)29-14-16(12-28)15-9-18-20(31-32-25(18)30-13-15)10-19-23(26)21(34-2)11-22(35-3)24(19)27/h9,11-14,17,28-29H,4-8,10H2,1-3H3,(H,30,31,32)/b16-14+,28-12?. The van der Waals surface area contributed by atoms with Crippen LogP contribution in [0.5, 0.6) is 11.5 Å². The predicted octanol–water partition coefficient (Wildman–Crippen LogP) is 3.91. The van der Waals surface area contributed by atoms with Crippen LogP contribution in [-0.4, -0.2) is 66.2 Å². The zero-order valence-corrected chi connectivity index (χ0v) is 20.1. The number of aromatic nitrogens is 3. The molecule has 1 aliphatic rings. The van der Waals surface area contributed by atoms with Gasteiger partial charge in [0.15, 0.2) is 28.8 Å². The second-order valence-electron chi connectivity index (χ2n) is 8.47. The minimum absolute atomic E-state index is 0.109. The highest BCUT2D eigenvalue weighted by Gasteiger charge is 2.22. The first-order chi connectivity index (χ1) is 17.0. The number of likely N-dealkylation sites (tertiary alicyclic amines) is 1. The van der Waals surface area contributed by atoms with E-state index < -0.39 is 11.6 Å². The van der Waals surface area contributed by atoms with E-state index in [1.807, 2.05) is 12.3 Å². The smallest absolute Gasteiger partial charge is 0.171 e. The van der Waals surface area contributed by atoms with Gasteiger partial charge in [0.1, 0.15) is 0 Å². The van der Waals surface area contributed by atoms with Crippen LogP contribution in [0.15, 0.2) is 24.5 Å². The number of nitrogens with one attached hydrogen (secondary N) is 3. The zero-order chi connectivity index (χ0) is 24.9. The summed E-state index contributed by atoms with van der Waals surface area (Å²) in [6, 6.07) is 3.35. The molecule has 0 atom stereocenters. The summed E-state index contributed by atoms with van der Waals surface area (Å²) in [7, 11) is 2.62. The molecular weight excluding hydrogens is 454 g/mol. The number of benzene rings is 1. The first kappa shape index (κ1) is 24.6. The van der Waals surface area contributed by atoms with Gasteiger partial charge >= 0.3 is 0 Å². The fraction of sp³-hybridized carbons (Fsp3) is 0.400. The van der Waals surface area contributed by atoms with E-state index in [1.54, 1.807) is 6.20 Å². The van der Waals surface area contributed by atoms with Crippen molar-refractivity contribution < 1.29 is 18.3 Å². The van der Waals surface area contributed by atoms with Crippen molar-refractivity contribution >= 4 is 22.8 Å². The highest BCUT2D eigenvalue weighted by molar-refractivity contribution is 6.08. The Morgan fingerprint density at radius 2 is 1.89 bits per heavy atom. The molecule has 186 valence electrons. The number of methoxy groups -OCH3 is 2. The Hall–Kier alpha value is -3.53. The molecule has 0 aliphatic carbocycles. The topological polar surface area (TPSA) is 99.2 Å². The first-order valence-corrected chi connectivity index (χ1v) is 11.6. The van der Waals surface area contributed by atoms with Crippen molar-refractivity contribution in [3.05, 3.63) is 53.0 Å². The van der Waals surface area contributed by atoms with Gasteiger partial charge in [-0.25, -0.2) is 13.8 Å². The van der Waals surface area contributed by atoms with E-state index in [4.69, 9.17) is 14.9 Å². The van der Waals surface area contributed by atoms with E-state index in [1.165, 1.54) is 26.5 Å². The molecule has 0 saturated carbocycles. The fourth-order valence-corrected chi connectivity index (χ4v) is 4.34. The molecule has 1 aliphatic heterocycles. The van der Waals surface area contributed by atoms with E-state index >= 15 is 0 Å². The van der Waals surface area contributed by atoms with Crippen LogP contribution in [-0.2, 0) is 6.42 Å². The molecule has 0 radical (unpaired) electrons. The molecule has 3 heterocycles. The summed E-state index contributed by atoms with van der Waals surface area (Å²) >= 11 is 0. The van der Waals surface area contributed by atoms with Crippen molar-refractivity contribution in [2.75, 3.05) is 33.9 Å². The number of H-pyrrole nitrogens is 1. The number of hydrogen-bond donors (Lipinski definition) is 3. The minimum Gasteiger partial charge on any atom is -0.494 e. The monoisotopic (exact) mass is 484 g/mol. The summed E-state index contributed by atoms with van der Waals surface area (Å²) in [4.78, 5) is 6.82. The van der Waals surface area contributed by atoms with Crippen LogP contribution in [0.1, 0.15) is 36.6 Å². The number of hydrogen-bond acceptors (Lipinski definition) is 7. The first-order valence-electron chi connectivity index (χ1n) is 11.6. The summed E-state index contributed by atoms with van der Waals surface area (Å²) in [6.07, 6.45) is 6.71. The number of nitrogens with zero attached hydrogens (tertiary/aromatic N) is 3.